The van der Waals surface area contributed by atoms with Crippen LogP contribution in [0.1, 0.15) is 17.5 Å². The molecule has 1 atom stereocenters. The van der Waals surface area contributed by atoms with Crippen molar-refractivity contribution < 1.29 is 5.11 Å². The second-order valence-corrected chi connectivity index (χ2v) is 4.34. The van der Waals surface area contributed by atoms with Gasteiger partial charge in [-0.15, -0.1) is 10.2 Å². The van der Waals surface area contributed by atoms with E-state index in [1.807, 2.05) is 0 Å². The molecule has 1 aromatic carbocycles. The molecule has 7 heteroatoms. The highest BCUT2D eigenvalue weighted by Gasteiger charge is 2.16. The highest BCUT2D eigenvalue weighted by Crippen LogP contribution is 2.30. The fourth-order valence-electron chi connectivity index (χ4n) is 1.47. The van der Waals surface area contributed by atoms with Crippen LogP contribution in [0.5, 0.6) is 0 Å². The molecule has 0 amide bonds. The number of aryl methyl sites for hydroxylation is 1. The number of tetrazole rings is 1. The van der Waals surface area contributed by atoms with Crippen LogP contribution in [0.2, 0.25) is 10.0 Å². The van der Waals surface area contributed by atoms with E-state index < -0.39 is 6.10 Å². The Bertz CT molecular complexity index is 529. The van der Waals surface area contributed by atoms with Crippen molar-refractivity contribution in [2.45, 2.75) is 12.5 Å². The molecule has 90 valence electrons. The normalized spacial score (nSPS) is 12.7. The number of aromatic nitrogens is 4. The fourth-order valence-corrected chi connectivity index (χ4v) is 1.90. The van der Waals surface area contributed by atoms with E-state index in [2.05, 4.69) is 15.4 Å². The molecule has 1 unspecified atom stereocenters. The van der Waals surface area contributed by atoms with Gasteiger partial charge in [-0.05, 0) is 11.3 Å². The molecular formula is C10H10Cl2N4O. The van der Waals surface area contributed by atoms with Gasteiger partial charge in [-0.25, -0.2) is 0 Å². The Morgan fingerprint density at radius 2 is 2.18 bits per heavy atom. The zero-order valence-corrected chi connectivity index (χ0v) is 10.5. The van der Waals surface area contributed by atoms with Crippen LogP contribution in [0.15, 0.2) is 18.2 Å². The maximum absolute atomic E-state index is 10.0. The van der Waals surface area contributed by atoms with E-state index >= 15 is 0 Å². The van der Waals surface area contributed by atoms with Crippen LogP contribution in [0.4, 0.5) is 0 Å². The van der Waals surface area contributed by atoms with E-state index in [1.54, 1.807) is 25.2 Å². The standard InChI is InChI=1S/C10H10Cl2N4O/c1-16-14-9(13-15-16)5-8(17)6-3-2-4-7(11)10(6)12/h2-4,8,17H,5H2,1H3. The molecule has 2 rings (SSSR count). The van der Waals surface area contributed by atoms with Crippen molar-refractivity contribution in [3.63, 3.8) is 0 Å². The van der Waals surface area contributed by atoms with E-state index in [9.17, 15) is 5.11 Å². The van der Waals surface area contributed by atoms with Gasteiger partial charge in [0, 0.05) is 12.0 Å². The molecule has 0 bridgehead atoms. The summed E-state index contributed by atoms with van der Waals surface area (Å²) >= 11 is 11.9. The number of hydrogen-bond acceptors (Lipinski definition) is 4. The van der Waals surface area contributed by atoms with Gasteiger partial charge < -0.3 is 5.11 Å². The number of aliphatic hydroxyl groups excluding tert-OH is 1. The zero-order valence-electron chi connectivity index (χ0n) is 9.01. The van der Waals surface area contributed by atoms with Crippen molar-refractivity contribution in [2.24, 2.45) is 7.05 Å². The van der Waals surface area contributed by atoms with Gasteiger partial charge in [0.15, 0.2) is 5.82 Å². The number of hydrogen-bond donors (Lipinski definition) is 1. The number of benzene rings is 1. The summed E-state index contributed by atoms with van der Waals surface area (Å²) < 4.78 is 0. The van der Waals surface area contributed by atoms with Gasteiger partial charge in [0.25, 0.3) is 0 Å². The molecule has 0 saturated carbocycles. The van der Waals surface area contributed by atoms with Crippen molar-refractivity contribution in [2.75, 3.05) is 0 Å². The molecule has 1 aromatic heterocycles. The van der Waals surface area contributed by atoms with Gasteiger partial charge in [-0.1, -0.05) is 35.3 Å². The molecule has 0 aliphatic rings. The van der Waals surface area contributed by atoms with E-state index in [4.69, 9.17) is 23.2 Å². The first-order chi connectivity index (χ1) is 8.08. The second-order valence-electron chi connectivity index (χ2n) is 3.56. The molecular weight excluding hydrogens is 263 g/mol. The molecule has 0 saturated heterocycles. The number of halogens is 2. The summed E-state index contributed by atoms with van der Waals surface area (Å²) in [4.78, 5) is 1.33. The predicted octanol–water partition coefficient (Wildman–Crippen LogP) is 1.79. The summed E-state index contributed by atoms with van der Waals surface area (Å²) in [6.45, 7) is 0. The minimum absolute atomic E-state index is 0.244. The molecule has 1 N–H and O–H groups in total. The van der Waals surface area contributed by atoms with Crippen LogP contribution in [-0.4, -0.2) is 25.3 Å². The molecule has 2 aromatic rings. The predicted molar refractivity (Wildman–Crippen MR) is 63.9 cm³/mol. The molecule has 17 heavy (non-hydrogen) atoms. The molecule has 0 aliphatic heterocycles. The lowest BCUT2D eigenvalue weighted by Crippen LogP contribution is -2.04. The Morgan fingerprint density at radius 3 is 2.82 bits per heavy atom. The van der Waals surface area contributed by atoms with Crippen molar-refractivity contribution >= 4 is 23.2 Å². The Hall–Kier alpha value is -1.17. The fraction of sp³-hybridized carbons (Fsp3) is 0.300. The van der Waals surface area contributed by atoms with Crippen LogP contribution < -0.4 is 0 Å². The van der Waals surface area contributed by atoms with Crippen LogP contribution >= 0.6 is 23.2 Å². The first-order valence-corrected chi connectivity index (χ1v) is 5.68. The van der Waals surface area contributed by atoms with E-state index in [-0.39, 0.29) is 6.42 Å². The maximum atomic E-state index is 10.0. The monoisotopic (exact) mass is 272 g/mol. The third-order valence-electron chi connectivity index (χ3n) is 2.27. The van der Waals surface area contributed by atoms with Crippen molar-refractivity contribution in [1.29, 1.82) is 0 Å². The highest BCUT2D eigenvalue weighted by atomic mass is 35.5. The lowest BCUT2D eigenvalue weighted by Gasteiger charge is -2.11. The number of rotatable bonds is 3. The summed E-state index contributed by atoms with van der Waals surface area (Å²) in [7, 11) is 1.66. The van der Waals surface area contributed by atoms with Gasteiger partial charge in [0.05, 0.1) is 23.2 Å². The third-order valence-corrected chi connectivity index (χ3v) is 3.10. The first-order valence-electron chi connectivity index (χ1n) is 4.93. The van der Waals surface area contributed by atoms with E-state index in [0.29, 0.717) is 21.4 Å². The smallest absolute Gasteiger partial charge is 0.177 e. The Morgan fingerprint density at radius 1 is 1.41 bits per heavy atom. The topological polar surface area (TPSA) is 63.8 Å². The van der Waals surface area contributed by atoms with Crippen LogP contribution in [0.25, 0.3) is 0 Å². The number of nitrogens with zero attached hydrogens (tertiary/aromatic N) is 4. The Labute approximate surface area is 108 Å². The van der Waals surface area contributed by atoms with Gasteiger partial charge in [0.1, 0.15) is 0 Å². The number of aliphatic hydroxyl groups is 1. The minimum atomic E-state index is -0.801. The third kappa shape index (κ3) is 2.74. The summed E-state index contributed by atoms with van der Waals surface area (Å²) in [5.41, 5.74) is 0.562. The molecule has 0 spiro atoms. The van der Waals surface area contributed by atoms with Crippen molar-refractivity contribution in [3.8, 4) is 0 Å². The summed E-state index contributed by atoms with van der Waals surface area (Å²) in [6, 6.07) is 5.12. The Balaban J connectivity index is 2.20. The lowest BCUT2D eigenvalue weighted by atomic mass is 10.1. The minimum Gasteiger partial charge on any atom is -0.388 e. The Kier molecular flexibility index (Phi) is 3.61. The zero-order chi connectivity index (χ0) is 12.4. The average Bonchev–Trinajstić information content (AvgIpc) is 2.68. The van der Waals surface area contributed by atoms with Crippen LogP contribution in [0, 0.1) is 0 Å². The maximum Gasteiger partial charge on any atom is 0.177 e. The summed E-state index contributed by atoms with van der Waals surface area (Å²) in [5.74, 6) is 0.455. The highest BCUT2D eigenvalue weighted by molar-refractivity contribution is 6.42. The van der Waals surface area contributed by atoms with E-state index in [1.165, 1.54) is 4.80 Å². The van der Waals surface area contributed by atoms with Crippen molar-refractivity contribution in [1.82, 2.24) is 20.2 Å². The lowest BCUT2D eigenvalue weighted by molar-refractivity contribution is 0.176. The van der Waals surface area contributed by atoms with Crippen molar-refractivity contribution in [3.05, 3.63) is 39.6 Å². The van der Waals surface area contributed by atoms with Gasteiger partial charge in [-0.3, -0.25) is 0 Å². The molecule has 0 fully saturated rings. The van der Waals surface area contributed by atoms with Crippen LogP contribution in [-0.2, 0) is 13.5 Å². The second kappa shape index (κ2) is 5.00. The SMILES string of the molecule is Cn1nnc(CC(O)c2cccc(Cl)c2Cl)n1. The van der Waals surface area contributed by atoms with E-state index in [0.717, 1.165) is 0 Å². The van der Waals surface area contributed by atoms with Crippen LogP contribution in [0.3, 0.4) is 0 Å². The molecule has 5 nitrogen and oxygen atoms in total. The molecule has 1 heterocycles. The molecule has 0 radical (unpaired) electrons. The van der Waals surface area contributed by atoms with Gasteiger partial charge >= 0.3 is 0 Å². The summed E-state index contributed by atoms with van der Waals surface area (Å²) in [5, 5.41) is 22.3. The van der Waals surface area contributed by atoms with Gasteiger partial charge in [-0.2, -0.15) is 4.80 Å². The first kappa shape index (κ1) is 12.3. The largest absolute Gasteiger partial charge is 0.388 e. The quantitative estimate of drug-likeness (QED) is 0.926. The van der Waals surface area contributed by atoms with Gasteiger partial charge in [0.2, 0.25) is 0 Å². The average molecular weight is 273 g/mol. The summed E-state index contributed by atoms with van der Waals surface area (Å²) in [6.07, 6.45) is -0.557. The molecule has 0 aliphatic carbocycles.